The van der Waals surface area contributed by atoms with E-state index in [2.05, 4.69) is 0 Å². The first-order valence-electron chi connectivity index (χ1n) is 11.0. The summed E-state index contributed by atoms with van der Waals surface area (Å²) in [7, 11) is 6.04. The number of rotatable bonds is 9. The molecule has 0 unspecified atom stereocenters. The van der Waals surface area contributed by atoms with E-state index >= 15 is 0 Å². The fourth-order valence-corrected chi connectivity index (χ4v) is 4.02. The number of ketones is 2. The van der Waals surface area contributed by atoms with Crippen LogP contribution >= 0.6 is 0 Å². The van der Waals surface area contributed by atoms with Crippen molar-refractivity contribution < 1.29 is 37.5 Å². The SMILES string of the molecule is COc1ccc(C(=O)c2c3cc(OC)c(OC)cc3cc[n+]2CC(=O)c2ccc(F)cc2)cc1OC. The minimum absolute atomic E-state index is 0.135. The van der Waals surface area contributed by atoms with Gasteiger partial charge >= 0.3 is 0 Å². The highest BCUT2D eigenvalue weighted by Crippen LogP contribution is 2.34. The average molecular weight is 491 g/mol. The normalized spacial score (nSPS) is 10.7. The van der Waals surface area contributed by atoms with E-state index in [0.717, 1.165) is 5.39 Å². The third-order valence-corrected chi connectivity index (χ3v) is 5.87. The van der Waals surface area contributed by atoms with Crippen molar-refractivity contribution >= 4 is 22.3 Å². The Kier molecular flexibility index (Phi) is 7.15. The van der Waals surface area contributed by atoms with E-state index in [0.29, 0.717) is 39.5 Å². The number of halogens is 1. The molecular formula is C28H25FNO6+. The van der Waals surface area contributed by atoms with Crippen molar-refractivity contribution in [3.8, 4) is 23.0 Å². The second-order valence-electron chi connectivity index (χ2n) is 7.92. The first kappa shape index (κ1) is 24.7. The molecule has 0 fully saturated rings. The molecule has 0 amide bonds. The second-order valence-corrected chi connectivity index (χ2v) is 7.92. The maximum atomic E-state index is 13.9. The van der Waals surface area contributed by atoms with Crippen LogP contribution in [0.25, 0.3) is 10.8 Å². The summed E-state index contributed by atoms with van der Waals surface area (Å²) in [4.78, 5) is 27.0. The molecule has 0 aliphatic heterocycles. The number of carbonyl (C=O) groups is 2. The summed E-state index contributed by atoms with van der Waals surface area (Å²) >= 11 is 0. The van der Waals surface area contributed by atoms with E-state index in [1.807, 2.05) is 0 Å². The van der Waals surface area contributed by atoms with Gasteiger partial charge in [0.15, 0.2) is 29.2 Å². The summed E-state index contributed by atoms with van der Waals surface area (Å²) in [5, 5.41) is 1.30. The van der Waals surface area contributed by atoms with Crippen molar-refractivity contribution in [3.05, 3.63) is 89.5 Å². The third kappa shape index (κ3) is 4.70. The van der Waals surface area contributed by atoms with Gasteiger partial charge in [-0.15, -0.1) is 0 Å². The molecule has 0 bridgehead atoms. The van der Waals surface area contributed by atoms with Gasteiger partial charge < -0.3 is 18.9 Å². The maximum Gasteiger partial charge on any atom is 0.262 e. The Morgan fingerprint density at radius 3 is 1.94 bits per heavy atom. The molecule has 4 rings (SSSR count). The van der Waals surface area contributed by atoms with E-state index in [1.165, 1.54) is 52.7 Å². The standard InChI is InChI=1S/C28H25FNO6/c1-33-23-10-7-19(14-24(23)34-2)28(32)27-21-15-26(36-4)25(35-3)13-18(21)11-12-30(27)16-22(31)17-5-8-20(29)9-6-17/h5-15H,16H2,1-4H3/q+1. The van der Waals surface area contributed by atoms with E-state index in [4.69, 9.17) is 18.9 Å². The van der Waals surface area contributed by atoms with Crippen molar-refractivity contribution in [2.45, 2.75) is 6.54 Å². The van der Waals surface area contributed by atoms with Gasteiger partial charge in [-0.3, -0.25) is 9.59 Å². The molecule has 0 spiro atoms. The molecule has 0 N–H and O–H groups in total. The molecule has 8 heteroatoms. The average Bonchev–Trinajstić information content (AvgIpc) is 2.91. The lowest BCUT2D eigenvalue weighted by Crippen LogP contribution is -2.43. The van der Waals surface area contributed by atoms with Crippen LogP contribution in [0.15, 0.2) is 66.9 Å². The Bertz CT molecular complexity index is 1450. The topological polar surface area (TPSA) is 74.9 Å². The predicted molar refractivity (Wildman–Crippen MR) is 131 cm³/mol. The van der Waals surface area contributed by atoms with Gasteiger partial charge in [0.1, 0.15) is 5.82 Å². The zero-order valence-corrected chi connectivity index (χ0v) is 20.3. The Morgan fingerprint density at radius 1 is 0.722 bits per heavy atom. The summed E-state index contributed by atoms with van der Waals surface area (Å²) in [6, 6.07) is 15.4. The molecule has 0 radical (unpaired) electrons. The van der Waals surface area contributed by atoms with Gasteiger partial charge in [0.25, 0.3) is 11.5 Å². The predicted octanol–water partition coefficient (Wildman–Crippen LogP) is 4.41. The van der Waals surface area contributed by atoms with E-state index in [-0.39, 0.29) is 23.8 Å². The lowest BCUT2D eigenvalue weighted by molar-refractivity contribution is -0.683. The van der Waals surface area contributed by atoms with Crippen LogP contribution in [0.1, 0.15) is 26.4 Å². The van der Waals surface area contributed by atoms with E-state index in [1.54, 1.807) is 47.2 Å². The molecule has 1 heterocycles. The number of Topliss-reactive ketones (excluding diaryl/α,β-unsaturated/α-hetero) is 1. The summed E-state index contributed by atoms with van der Waals surface area (Å²) in [6.45, 7) is -0.135. The number of methoxy groups -OCH3 is 4. The Labute approximate surface area is 207 Å². The van der Waals surface area contributed by atoms with Crippen molar-refractivity contribution in [2.75, 3.05) is 28.4 Å². The number of fused-ring (bicyclic) bond motifs is 1. The molecule has 0 aliphatic rings. The van der Waals surface area contributed by atoms with Crippen LogP contribution in [0.2, 0.25) is 0 Å². The van der Waals surface area contributed by atoms with Gasteiger partial charge in [-0.2, -0.15) is 4.57 Å². The molecule has 7 nitrogen and oxygen atoms in total. The number of ether oxygens (including phenoxy) is 4. The summed E-state index contributed by atoms with van der Waals surface area (Å²) in [5.74, 6) is 0.787. The van der Waals surface area contributed by atoms with Crippen molar-refractivity contribution in [2.24, 2.45) is 0 Å². The maximum absolute atomic E-state index is 13.9. The molecule has 0 aliphatic carbocycles. The molecule has 3 aromatic carbocycles. The lowest BCUT2D eigenvalue weighted by atomic mass is 10.00. The van der Waals surface area contributed by atoms with Crippen LogP contribution in [0.5, 0.6) is 23.0 Å². The number of hydrogen-bond donors (Lipinski definition) is 0. The molecule has 0 saturated carbocycles. The van der Waals surface area contributed by atoms with Crippen LogP contribution in [0, 0.1) is 5.82 Å². The Balaban J connectivity index is 1.90. The van der Waals surface area contributed by atoms with Crippen molar-refractivity contribution in [1.82, 2.24) is 0 Å². The molecule has 0 saturated heterocycles. The zero-order valence-electron chi connectivity index (χ0n) is 20.3. The molecule has 184 valence electrons. The second kappa shape index (κ2) is 10.4. The van der Waals surface area contributed by atoms with Crippen LogP contribution in [0.3, 0.4) is 0 Å². The largest absolute Gasteiger partial charge is 0.493 e. The lowest BCUT2D eigenvalue weighted by Gasteiger charge is -2.12. The van der Waals surface area contributed by atoms with Crippen LogP contribution < -0.4 is 23.5 Å². The van der Waals surface area contributed by atoms with Crippen LogP contribution in [-0.2, 0) is 6.54 Å². The molecule has 0 atom stereocenters. The van der Waals surface area contributed by atoms with Crippen molar-refractivity contribution in [3.63, 3.8) is 0 Å². The highest BCUT2D eigenvalue weighted by molar-refractivity contribution is 6.14. The van der Waals surface area contributed by atoms with Gasteiger partial charge in [0.05, 0.1) is 33.8 Å². The number of pyridine rings is 1. The van der Waals surface area contributed by atoms with Gasteiger partial charge in [0, 0.05) is 17.2 Å². The zero-order chi connectivity index (χ0) is 25.8. The van der Waals surface area contributed by atoms with E-state index < -0.39 is 5.82 Å². The fourth-order valence-electron chi connectivity index (χ4n) is 4.02. The minimum atomic E-state index is -0.435. The Morgan fingerprint density at radius 2 is 1.31 bits per heavy atom. The summed E-state index contributed by atoms with van der Waals surface area (Å²) in [5.41, 5.74) is 0.954. The van der Waals surface area contributed by atoms with Gasteiger partial charge in [-0.1, -0.05) is 0 Å². The van der Waals surface area contributed by atoms with E-state index in [9.17, 15) is 14.0 Å². The molecular weight excluding hydrogens is 465 g/mol. The molecule has 36 heavy (non-hydrogen) atoms. The first-order chi connectivity index (χ1) is 17.4. The van der Waals surface area contributed by atoms with Gasteiger partial charge in [-0.25, -0.2) is 4.39 Å². The first-order valence-corrected chi connectivity index (χ1v) is 11.0. The van der Waals surface area contributed by atoms with Crippen LogP contribution in [0.4, 0.5) is 4.39 Å². The summed E-state index contributed by atoms with van der Waals surface area (Å²) in [6.07, 6.45) is 1.67. The molecule has 4 aromatic rings. The minimum Gasteiger partial charge on any atom is -0.493 e. The highest BCUT2D eigenvalue weighted by atomic mass is 19.1. The summed E-state index contributed by atoms with van der Waals surface area (Å²) < 4.78 is 36.5. The van der Waals surface area contributed by atoms with Crippen LogP contribution in [-0.4, -0.2) is 40.0 Å². The number of carbonyl (C=O) groups excluding carboxylic acids is 2. The third-order valence-electron chi connectivity index (χ3n) is 5.87. The number of aromatic nitrogens is 1. The van der Waals surface area contributed by atoms with Gasteiger partial charge in [-0.05, 0) is 60.0 Å². The number of nitrogens with zero attached hydrogens (tertiary/aromatic N) is 1. The monoisotopic (exact) mass is 490 g/mol. The quantitative estimate of drug-likeness (QED) is 0.256. The number of benzene rings is 3. The van der Waals surface area contributed by atoms with Crippen molar-refractivity contribution in [1.29, 1.82) is 0 Å². The molecule has 1 aromatic heterocycles. The smallest absolute Gasteiger partial charge is 0.262 e. The fraction of sp³-hybridized carbons (Fsp3) is 0.179. The Hall–Kier alpha value is -4.46. The number of hydrogen-bond acceptors (Lipinski definition) is 6. The van der Waals surface area contributed by atoms with Gasteiger partial charge in [0.2, 0.25) is 12.3 Å². The highest BCUT2D eigenvalue weighted by Gasteiger charge is 2.28.